The van der Waals surface area contributed by atoms with Crippen molar-refractivity contribution in [3.8, 4) is 6.07 Å². The summed E-state index contributed by atoms with van der Waals surface area (Å²) in [7, 11) is 0. The number of nitrogens with zero attached hydrogens (tertiary/aromatic N) is 3. The van der Waals surface area contributed by atoms with Crippen LogP contribution in [0.25, 0.3) is 0 Å². The number of hydrogen-bond donors (Lipinski definition) is 2. The summed E-state index contributed by atoms with van der Waals surface area (Å²) in [6, 6.07) is 3.70. The Bertz CT molecular complexity index is 974. The van der Waals surface area contributed by atoms with Crippen LogP contribution in [-0.4, -0.2) is 26.4 Å². The van der Waals surface area contributed by atoms with Gasteiger partial charge in [-0.05, 0) is 24.3 Å². The zero-order chi connectivity index (χ0) is 22.0. The topological polar surface area (TPSA) is 90.9 Å². The van der Waals surface area contributed by atoms with E-state index in [2.05, 4.69) is 11.7 Å². The highest BCUT2D eigenvalue weighted by Crippen LogP contribution is 2.34. The summed E-state index contributed by atoms with van der Waals surface area (Å²) in [6.45, 7) is 2.46. The molecule has 2 rings (SSSR count). The summed E-state index contributed by atoms with van der Waals surface area (Å²) in [4.78, 5) is 12.3. The zero-order valence-electron chi connectivity index (χ0n) is 14.3. The molecule has 0 radical (unpaired) electrons. The highest BCUT2D eigenvalue weighted by atomic mass is 19.4. The quantitative estimate of drug-likeness (QED) is 0.576. The number of aromatic nitrogens is 2. The Labute approximate surface area is 159 Å². The minimum atomic E-state index is -4.87. The van der Waals surface area contributed by atoms with E-state index in [4.69, 9.17) is 5.26 Å². The Hall–Kier alpha value is -3.33. The first-order valence-electron chi connectivity index (χ1n) is 7.68. The highest BCUT2D eigenvalue weighted by Gasteiger charge is 2.37. The van der Waals surface area contributed by atoms with Gasteiger partial charge in [-0.1, -0.05) is 6.58 Å². The number of amides is 1. The van der Waals surface area contributed by atoms with Gasteiger partial charge in [0.25, 0.3) is 5.91 Å². The van der Waals surface area contributed by atoms with E-state index in [1.54, 1.807) is 0 Å². The van der Waals surface area contributed by atoms with E-state index in [0.717, 1.165) is 12.1 Å². The van der Waals surface area contributed by atoms with Crippen molar-refractivity contribution < 1.29 is 36.2 Å². The molecule has 29 heavy (non-hydrogen) atoms. The summed E-state index contributed by atoms with van der Waals surface area (Å²) in [5, 5.41) is 24.6. The fourth-order valence-corrected chi connectivity index (χ4v) is 2.27. The average molecular weight is 418 g/mol. The number of aliphatic hydroxyl groups is 1. The van der Waals surface area contributed by atoms with E-state index >= 15 is 0 Å². The Morgan fingerprint density at radius 1 is 1.28 bits per heavy atom. The van der Waals surface area contributed by atoms with Crippen LogP contribution >= 0.6 is 0 Å². The second-order valence-electron chi connectivity index (χ2n) is 5.88. The number of halogens is 6. The lowest BCUT2D eigenvalue weighted by molar-refractivity contribution is -0.138. The molecule has 0 unspecified atom stereocenters. The van der Waals surface area contributed by atoms with Crippen LogP contribution in [0.3, 0.4) is 0 Å². The molecule has 1 amide bonds. The number of benzene rings is 1. The van der Waals surface area contributed by atoms with Crippen molar-refractivity contribution in [3.63, 3.8) is 0 Å². The number of carbonyl (C=O) groups excluding carboxylic acids is 1. The van der Waals surface area contributed by atoms with E-state index < -0.39 is 52.8 Å². The van der Waals surface area contributed by atoms with Crippen LogP contribution in [0.2, 0.25) is 0 Å². The molecule has 2 aromatic rings. The average Bonchev–Trinajstić information content (AvgIpc) is 3.09. The number of alkyl halides is 6. The Balaban J connectivity index is 2.26. The molecular weight excluding hydrogens is 406 g/mol. The molecule has 2 N–H and O–H groups in total. The fourth-order valence-electron chi connectivity index (χ4n) is 2.27. The molecular formula is C17H12F6N4O2. The van der Waals surface area contributed by atoms with E-state index in [-0.39, 0.29) is 0 Å². The van der Waals surface area contributed by atoms with Gasteiger partial charge in [0.15, 0.2) is 5.60 Å². The van der Waals surface area contributed by atoms with Crippen molar-refractivity contribution in [2.24, 2.45) is 0 Å². The lowest BCUT2D eigenvalue weighted by Gasteiger charge is -2.23. The monoisotopic (exact) mass is 418 g/mol. The lowest BCUT2D eigenvalue weighted by Crippen LogP contribution is -2.44. The molecule has 12 heteroatoms. The molecule has 0 spiro atoms. The van der Waals surface area contributed by atoms with Crippen LogP contribution < -0.4 is 5.32 Å². The van der Waals surface area contributed by atoms with E-state index in [0.29, 0.717) is 29.2 Å². The standard InChI is InChI=1S/C17H12F6N4O2/c1-2-15(29,9-27-8-11(7-25-27)16(18,19)20)14(28)26-12-4-3-10(6-24)13(5-12)17(21,22)23/h2-5,7-8,29H,1,9H2,(H,26,28)/t15-/m0/s1. The van der Waals surface area contributed by atoms with E-state index in [1.807, 2.05) is 5.32 Å². The fraction of sp³-hybridized carbons (Fsp3) is 0.235. The molecule has 0 bridgehead atoms. The van der Waals surface area contributed by atoms with Crippen LogP contribution in [0.15, 0.2) is 43.2 Å². The van der Waals surface area contributed by atoms with Crippen molar-refractivity contribution in [2.45, 2.75) is 24.5 Å². The van der Waals surface area contributed by atoms with E-state index in [1.165, 1.54) is 6.07 Å². The van der Waals surface area contributed by atoms with Gasteiger partial charge in [-0.3, -0.25) is 9.48 Å². The molecule has 0 saturated carbocycles. The summed E-state index contributed by atoms with van der Waals surface area (Å²) >= 11 is 0. The maximum atomic E-state index is 13.0. The normalized spacial score (nSPS) is 14.0. The molecule has 0 aliphatic carbocycles. The molecule has 0 aliphatic rings. The summed E-state index contributed by atoms with van der Waals surface area (Å²) in [6.07, 6.45) is -7.82. The zero-order valence-corrected chi connectivity index (χ0v) is 14.3. The third-order valence-electron chi connectivity index (χ3n) is 3.80. The van der Waals surface area contributed by atoms with Gasteiger partial charge in [-0.25, -0.2) is 0 Å². The highest BCUT2D eigenvalue weighted by molar-refractivity contribution is 5.98. The first kappa shape index (κ1) is 22.0. The van der Waals surface area contributed by atoms with Crippen LogP contribution in [0, 0.1) is 11.3 Å². The molecule has 1 atom stereocenters. The SMILES string of the molecule is C=C[C@](O)(Cn1cc(C(F)(F)F)cn1)C(=O)Nc1ccc(C#N)c(C(F)(F)F)c1. The number of nitrogens with one attached hydrogen (secondary N) is 1. The number of hydrogen-bond acceptors (Lipinski definition) is 4. The predicted molar refractivity (Wildman–Crippen MR) is 87.2 cm³/mol. The molecule has 1 heterocycles. The number of nitriles is 1. The van der Waals surface area contributed by atoms with Crippen LogP contribution in [0.5, 0.6) is 0 Å². The van der Waals surface area contributed by atoms with Crippen molar-refractivity contribution in [3.05, 3.63) is 59.9 Å². The van der Waals surface area contributed by atoms with Crippen LogP contribution in [-0.2, 0) is 23.7 Å². The Kier molecular flexibility index (Phi) is 5.75. The maximum absolute atomic E-state index is 13.0. The van der Waals surface area contributed by atoms with Gasteiger partial charge in [0.1, 0.15) is 0 Å². The van der Waals surface area contributed by atoms with Crippen molar-refractivity contribution in [1.29, 1.82) is 5.26 Å². The minimum absolute atomic E-state index is 0.391. The van der Waals surface area contributed by atoms with Crippen molar-refractivity contribution >= 4 is 11.6 Å². The van der Waals surface area contributed by atoms with Crippen LogP contribution in [0.4, 0.5) is 32.0 Å². The van der Waals surface area contributed by atoms with Crippen molar-refractivity contribution in [1.82, 2.24) is 9.78 Å². The van der Waals surface area contributed by atoms with Gasteiger partial charge in [0.05, 0.1) is 35.5 Å². The Morgan fingerprint density at radius 2 is 1.93 bits per heavy atom. The number of carbonyl (C=O) groups is 1. The molecule has 0 fully saturated rings. The smallest absolute Gasteiger partial charge is 0.374 e. The summed E-state index contributed by atoms with van der Waals surface area (Å²) in [5.74, 6) is -1.26. The molecule has 0 aliphatic heterocycles. The molecule has 6 nitrogen and oxygen atoms in total. The van der Waals surface area contributed by atoms with Gasteiger partial charge in [-0.15, -0.1) is 0 Å². The van der Waals surface area contributed by atoms with Gasteiger partial charge in [0.2, 0.25) is 0 Å². The van der Waals surface area contributed by atoms with Gasteiger partial charge < -0.3 is 10.4 Å². The molecule has 154 valence electrons. The lowest BCUT2D eigenvalue weighted by atomic mass is 10.0. The number of anilines is 1. The molecule has 0 saturated heterocycles. The van der Waals surface area contributed by atoms with Gasteiger partial charge in [0, 0.05) is 11.9 Å². The third-order valence-corrected chi connectivity index (χ3v) is 3.80. The largest absolute Gasteiger partial charge is 0.419 e. The number of rotatable bonds is 5. The second kappa shape index (κ2) is 7.59. The summed E-state index contributed by atoms with van der Waals surface area (Å²) in [5.41, 5.74) is -5.97. The second-order valence-corrected chi connectivity index (χ2v) is 5.88. The van der Waals surface area contributed by atoms with E-state index in [9.17, 15) is 36.2 Å². The molecule has 1 aromatic carbocycles. The third kappa shape index (κ3) is 4.94. The first-order valence-corrected chi connectivity index (χ1v) is 7.68. The molecule has 1 aromatic heterocycles. The summed E-state index contributed by atoms with van der Waals surface area (Å²) < 4.78 is 77.5. The first-order chi connectivity index (χ1) is 13.3. The van der Waals surface area contributed by atoms with Crippen LogP contribution in [0.1, 0.15) is 16.7 Å². The minimum Gasteiger partial charge on any atom is -0.374 e. The predicted octanol–water partition coefficient (Wildman–Crippen LogP) is 3.35. The van der Waals surface area contributed by atoms with Gasteiger partial charge in [-0.2, -0.15) is 36.7 Å². The maximum Gasteiger partial charge on any atom is 0.419 e. The van der Waals surface area contributed by atoms with Gasteiger partial charge >= 0.3 is 12.4 Å². The van der Waals surface area contributed by atoms with Crippen molar-refractivity contribution in [2.75, 3.05) is 5.32 Å². The Morgan fingerprint density at radius 3 is 2.41 bits per heavy atom.